The number of allylic oxidation sites excluding steroid dienone is 1. The number of amides is 1. The summed E-state index contributed by atoms with van der Waals surface area (Å²) in [6.45, 7) is 6.84. The van der Waals surface area contributed by atoms with E-state index in [2.05, 4.69) is 5.32 Å². The molecule has 74 valence electrons. The summed E-state index contributed by atoms with van der Waals surface area (Å²) in [6, 6.07) is 0. The van der Waals surface area contributed by atoms with Crippen LogP contribution in [0.15, 0.2) is 11.8 Å². The summed E-state index contributed by atoms with van der Waals surface area (Å²) in [4.78, 5) is 21.1. The van der Waals surface area contributed by atoms with E-state index in [-0.39, 0.29) is 11.3 Å². The summed E-state index contributed by atoms with van der Waals surface area (Å²) < 4.78 is 0. The van der Waals surface area contributed by atoms with Crippen LogP contribution in [0, 0.1) is 5.41 Å². The molecule has 1 amide bonds. The molecule has 0 aliphatic rings. The molecule has 0 rings (SSSR count). The maximum atomic E-state index is 10.7. The third kappa shape index (κ3) is 5.00. The van der Waals surface area contributed by atoms with Gasteiger partial charge >= 0.3 is 5.97 Å². The first kappa shape index (κ1) is 11.7. The molecule has 4 heteroatoms. The molecule has 0 heterocycles. The Hall–Kier alpha value is -1.32. The molecule has 0 unspecified atom stereocenters. The van der Waals surface area contributed by atoms with Crippen molar-refractivity contribution in [3.8, 4) is 0 Å². The number of rotatable bonds is 2. The zero-order chi connectivity index (χ0) is 10.6. The lowest BCUT2D eigenvalue weighted by Gasteiger charge is -2.22. The van der Waals surface area contributed by atoms with Crippen LogP contribution in [0.25, 0.3) is 0 Å². The van der Waals surface area contributed by atoms with Crippen molar-refractivity contribution < 1.29 is 14.7 Å². The number of carbonyl (C=O) groups excluding carboxylic acids is 1. The van der Waals surface area contributed by atoms with Crippen LogP contribution in [-0.4, -0.2) is 17.0 Å². The Balaban J connectivity index is 4.77. The molecule has 0 saturated heterocycles. The molecule has 0 aromatic heterocycles. The molecule has 0 aromatic carbocycles. The molecule has 0 aliphatic heterocycles. The van der Waals surface area contributed by atoms with Crippen LogP contribution in [0.3, 0.4) is 0 Å². The number of nitrogens with one attached hydrogen (secondary N) is 1. The maximum absolute atomic E-state index is 10.7. The summed E-state index contributed by atoms with van der Waals surface area (Å²) in [5.74, 6) is -1.32. The van der Waals surface area contributed by atoms with E-state index in [0.717, 1.165) is 6.08 Å². The van der Waals surface area contributed by atoms with Crippen molar-refractivity contribution in [2.45, 2.75) is 27.7 Å². The Bertz CT molecular complexity index is 248. The highest BCUT2D eigenvalue weighted by atomic mass is 16.4. The van der Waals surface area contributed by atoms with E-state index >= 15 is 0 Å². The fourth-order valence-electron chi connectivity index (χ4n) is 0.753. The van der Waals surface area contributed by atoms with Gasteiger partial charge in [0.2, 0.25) is 5.91 Å². The summed E-state index contributed by atoms with van der Waals surface area (Å²) in [5, 5.41) is 11.0. The second kappa shape index (κ2) is 4.07. The monoisotopic (exact) mass is 185 g/mol. The van der Waals surface area contributed by atoms with E-state index in [1.165, 1.54) is 6.92 Å². The highest BCUT2D eigenvalue weighted by Crippen LogP contribution is 2.22. The van der Waals surface area contributed by atoms with Gasteiger partial charge in [0.15, 0.2) is 0 Å². The highest BCUT2D eigenvalue weighted by molar-refractivity contribution is 5.83. The predicted molar refractivity (Wildman–Crippen MR) is 49.0 cm³/mol. The van der Waals surface area contributed by atoms with Crippen LogP contribution in [0.1, 0.15) is 27.7 Å². The zero-order valence-electron chi connectivity index (χ0n) is 8.34. The summed E-state index contributed by atoms with van der Waals surface area (Å²) in [5.41, 5.74) is 0.0388. The Morgan fingerprint density at radius 2 is 1.77 bits per heavy atom. The highest BCUT2D eigenvalue weighted by Gasteiger charge is 2.18. The second-order valence-corrected chi connectivity index (χ2v) is 3.83. The first-order chi connectivity index (χ1) is 5.73. The quantitative estimate of drug-likeness (QED) is 0.634. The van der Waals surface area contributed by atoms with Gasteiger partial charge in [0.1, 0.15) is 0 Å². The Labute approximate surface area is 77.6 Å². The lowest BCUT2D eigenvalue weighted by atomic mass is 9.91. The minimum absolute atomic E-state index is 0.262. The number of aliphatic carboxylic acids is 1. The fourth-order valence-corrected chi connectivity index (χ4v) is 0.753. The van der Waals surface area contributed by atoms with Gasteiger partial charge in [0.05, 0.1) is 0 Å². The lowest BCUT2D eigenvalue weighted by Crippen LogP contribution is -2.28. The fraction of sp³-hybridized carbons (Fsp3) is 0.556. The van der Waals surface area contributed by atoms with Crippen molar-refractivity contribution in [1.82, 2.24) is 5.32 Å². The zero-order valence-corrected chi connectivity index (χ0v) is 8.34. The van der Waals surface area contributed by atoms with Crippen molar-refractivity contribution in [2.24, 2.45) is 5.41 Å². The van der Waals surface area contributed by atoms with Gasteiger partial charge in [-0.25, -0.2) is 4.79 Å². The number of carbonyl (C=O) groups is 2. The van der Waals surface area contributed by atoms with Gasteiger partial charge in [-0.05, 0) is 0 Å². The Morgan fingerprint density at radius 1 is 1.31 bits per heavy atom. The van der Waals surface area contributed by atoms with Gasteiger partial charge in [-0.15, -0.1) is 0 Å². The van der Waals surface area contributed by atoms with Crippen molar-refractivity contribution >= 4 is 11.9 Å². The van der Waals surface area contributed by atoms with Gasteiger partial charge in [0, 0.05) is 24.1 Å². The van der Waals surface area contributed by atoms with Gasteiger partial charge in [-0.1, -0.05) is 20.8 Å². The van der Waals surface area contributed by atoms with Gasteiger partial charge in [-0.3, -0.25) is 4.79 Å². The average Bonchev–Trinajstić information content (AvgIpc) is 1.81. The number of carboxylic acid groups (broad SMARTS) is 1. The first-order valence-corrected chi connectivity index (χ1v) is 3.96. The molecule has 0 atom stereocenters. The third-order valence-corrected chi connectivity index (χ3v) is 1.39. The van der Waals surface area contributed by atoms with Crippen molar-refractivity contribution in [3.05, 3.63) is 11.8 Å². The Morgan fingerprint density at radius 3 is 2.00 bits per heavy atom. The number of hydrogen-bond acceptors (Lipinski definition) is 2. The lowest BCUT2D eigenvalue weighted by molar-refractivity contribution is -0.131. The minimum atomic E-state index is -1.06. The molecule has 0 bridgehead atoms. The summed E-state index contributed by atoms with van der Waals surface area (Å²) in [6.07, 6.45) is 1.02. The predicted octanol–water partition coefficient (Wildman–Crippen LogP) is 1.14. The maximum Gasteiger partial charge on any atom is 0.330 e. The normalized spacial score (nSPS) is 12.5. The molecule has 0 aliphatic carbocycles. The molecule has 0 saturated carbocycles. The van der Waals surface area contributed by atoms with Gasteiger partial charge in [0.25, 0.3) is 0 Å². The van der Waals surface area contributed by atoms with E-state index in [4.69, 9.17) is 5.11 Å². The van der Waals surface area contributed by atoms with Crippen LogP contribution in [0.4, 0.5) is 0 Å². The van der Waals surface area contributed by atoms with E-state index in [9.17, 15) is 9.59 Å². The molecule has 0 radical (unpaired) electrons. The third-order valence-electron chi connectivity index (χ3n) is 1.39. The average molecular weight is 185 g/mol. The van der Waals surface area contributed by atoms with Crippen molar-refractivity contribution in [2.75, 3.05) is 0 Å². The molecule has 2 N–H and O–H groups in total. The largest absolute Gasteiger partial charge is 0.478 e. The summed E-state index contributed by atoms with van der Waals surface area (Å²) >= 11 is 0. The molecule has 0 aromatic rings. The van der Waals surface area contributed by atoms with Crippen LogP contribution >= 0.6 is 0 Å². The van der Waals surface area contributed by atoms with E-state index in [1.807, 2.05) is 20.8 Å². The van der Waals surface area contributed by atoms with Crippen molar-refractivity contribution in [3.63, 3.8) is 0 Å². The smallest absolute Gasteiger partial charge is 0.330 e. The molecule has 4 nitrogen and oxygen atoms in total. The van der Waals surface area contributed by atoms with Crippen molar-refractivity contribution in [1.29, 1.82) is 0 Å². The molecular weight excluding hydrogens is 170 g/mol. The second-order valence-electron chi connectivity index (χ2n) is 3.83. The van der Waals surface area contributed by atoms with E-state index in [0.29, 0.717) is 5.70 Å². The van der Waals surface area contributed by atoms with Crippen LogP contribution in [0.5, 0.6) is 0 Å². The molecular formula is C9H15NO3. The van der Waals surface area contributed by atoms with Crippen LogP contribution in [-0.2, 0) is 9.59 Å². The Kier molecular flexibility index (Phi) is 3.66. The van der Waals surface area contributed by atoms with Crippen LogP contribution < -0.4 is 5.32 Å². The molecule has 0 fully saturated rings. The minimum Gasteiger partial charge on any atom is -0.478 e. The van der Waals surface area contributed by atoms with E-state index in [1.54, 1.807) is 0 Å². The first-order valence-electron chi connectivity index (χ1n) is 3.96. The number of hydrogen-bond donors (Lipinski definition) is 2. The van der Waals surface area contributed by atoms with E-state index < -0.39 is 5.97 Å². The SMILES string of the molecule is CC(=O)NC(=CC(=O)O)C(C)(C)C. The number of carboxylic acids is 1. The molecule has 13 heavy (non-hydrogen) atoms. The van der Waals surface area contributed by atoms with Gasteiger partial charge in [-0.2, -0.15) is 0 Å². The molecule has 0 spiro atoms. The topological polar surface area (TPSA) is 66.4 Å². The van der Waals surface area contributed by atoms with Crippen LogP contribution in [0.2, 0.25) is 0 Å². The van der Waals surface area contributed by atoms with Gasteiger partial charge < -0.3 is 10.4 Å². The summed E-state index contributed by atoms with van der Waals surface area (Å²) in [7, 11) is 0. The standard InChI is InChI=1S/C9H15NO3/c1-6(11)10-7(5-8(12)13)9(2,3)4/h5H,1-4H3,(H,10,11)(H,12,13).